The van der Waals surface area contributed by atoms with Gasteiger partial charge in [0.2, 0.25) is 0 Å². The van der Waals surface area contributed by atoms with E-state index in [9.17, 15) is 9.90 Å². The lowest BCUT2D eigenvalue weighted by Crippen LogP contribution is -2.27. The highest BCUT2D eigenvalue weighted by Gasteiger charge is 2.17. The van der Waals surface area contributed by atoms with Crippen LogP contribution in [0.3, 0.4) is 0 Å². The lowest BCUT2D eigenvalue weighted by molar-refractivity contribution is -0.118. The van der Waals surface area contributed by atoms with Gasteiger partial charge in [-0.3, -0.25) is 4.79 Å². The van der Waals surface area contributed by atoms with Gasteiger partial charge in [-0.05, 0) is 43.1 Å². The van der Waals surface area contributed by atoms with E-state index in [1.165, 1.54) is 0 Å². The summed E-state index contributed by atoms with van der Waals surface area (Å²) in [4.78, 5) is 11.9. The highest BCUT2D eigenvalue weighted by molar-refractivity contribution is 6.30. The van der Waals surface area contributed by atoms with Gasteiger partial charge in [0.25, 0.3) is 0 Å². The number of Topliss-reactive ketones (excluding diaryl/α,β-unsaturated/α-hetero) is 1. The highest BCUT2D eigenvalue weighted by atomic mass is 35.5. The van der Waals surface area contributed by atoms with Crippen LogP contribution in [0.2, 0.25) is 5.02 Å². The summed E-state index contributed by atoms with van der Waals surface area (Å²) in [7, 11) is 0. The van der Waals surface area contributed by atoms with Crippen LogP contribution in [0.4, 0.5) is 0 Å². The number of benzene rings is 2. The zero-order valence-electron chi connectivity index (χ0n) is 13.2. The Balaban J connectivity index is 1.96. The first-order valence-electron chi connectivity index (χ1n) is 7.77. The van der Waals surface area contributed by atoms with E-state index in [0.29, 0.717) is 18.0 Å². The van der Waals surface area contributed by atoms with E-state index in [2.05, 4.69) is 5.32 Å². The Bertz CT molecular complexity index is 613. The average Bonchev–Trinajstić information content (AvgIpc) is 2.57. The van der Waals surface area contributed by atoms with Crippen LogP contribution < -0.4 is 5.32 Å². The van der Waals surface area contributed by atoms with Crippen molar-refractivity contribution in [3.8, 4) is 0 Å². The van der Waals surface area contributed by atoms with Gasteiger partial charge in [0, 0.05) is 10.9 Å². The molecule has 23 heavy (non-hydrogen) atoms. The van der Waals surface area contributed by atoms with Crippen molar-refractivity contribution in [1.82, 2.24) is 5.32 Å². The summed E-state index contributed by atoms with van der Waals surface area (Å²) in [5.74, 6) is -0.0238. The van der Waals surface area contributed by atoms with Crippen LogP contribution in [0.5, 0.6) is 0 Å². The Morgan fingerprint density at radius 2 is 1.74 bits per heavy atom. The largest absolute Gasteiger partial charge is 0.394 e. The molecule has 0 aromatic heterocycles. The fourth-order valence-electron chi connectivity index (χ4n) is 2.67. The molecule has 122 valence electrons. The molecule has 0 fully saturated rings. The van der Waals surface area contributed by atoms with Crippen molar-refractivity contribution in [2.24, 2.45) is 0 Å². The minimum absolute atomic E-state index is 0.0235. The minimum atomic E-state index is -0.158. The van der Waals surface area contributed by atoms with Crippen molar-refractivity contribution in [2.45, 2.75) is 25.3 Å². The van der Waals surface area contributed by atoms with E-state index in [-0.39, 0.29) is 24.3 Å². The van der Waals surface area contributed by atoms with E-state index < -0.39 is 0 Å². The van der Waals surface area contributed by atoms with Gasteiger partial charge < -0.3 is 10.4 Å². The van der Waals surface area contributed by atoms with Crippen LogP contribution in [0.25, 0.3) is 0 Å². The van der Waals surface area contributed by atoms with E-state index in [0.717, 1.165) is 11.1 Å². The zero-order valence-corrected chi connectivity index (χ0v) is 14.0. The van der Waals surface area contributed by atoms with Crippen molar-refractivity contribution in [2.75, 3.05) is 13.2 Å². The Hall–Kier alpha value is -1.68. The number of carbonyl (C=O) groups excluding carboxylic acids is 1. The van der Waals surface area contributed by atoms with Gasteiger partial charge in [0.05, 0.1) is 12.6 Å². The average molecular weight is 332 g/mol. The fourth-order valence-corrected chi connectivity index (χ4v) is 2.80. The number of ketones is 1. The maximum Gasteiger partial charge on any atom is 0.137 e. The third-order valence-corrected chi connectivity index (χ3v) is 4.22. The third kappa shape index (κ3) is 5.17. The summed E-state index contributed by atoms with van der Waals surface area (Å²) in [5.41, 5.74) is 2.02. The molecule has 2 unspecified atom stereocenters. The molecule has 0 spiro atoms. The number of rotatable bonds is 8. The zero-order chi connectivity index (χ0) is 16.7. The maximum absolute atomic E-state index is 11.9. The number of aliphatic hydroxyl groups is 1. The van der Waals surface area contributed by atoms with Crippen molar-refractivity contribution in [3.63, 3.8) is 0 Å². The SMILES string of the molecule is CC(=O)C(CCNC(CO)c1ccccc1)c1ccc(Cl)cc1. The molecular weight excluding hydrogens is 310 g/mol. The molecule has 0 aliphatic carbocycles. The summed E-state index contributed by atoms with van der Waals surface area (Å²) >= 11 is 5.90. The van der Waals surface area contributed by atoms with Crippen LogP contribution in [0.1, 0.15) is 36.4 Å². The number of aliphatic hydroxyl groups excluding tert-OH is 1. The molecule has 2 rings (SSSR count). The standard InChI is InChI=1S/C19H22ClNO2/c1-14(23)18(15-7-9-17(20)10-8-15)11-12-21-19(13-22)16-5-3-2-4-6-16/h2-10,18-19,21-22H,11-13H2,1H3. The smallest absolute Gasteiger partial charge is 0.137 e. The number of hydrogen-bond donors (Lipinski definition) is 2. The normalized spacial score (nSPS) is 13.5. The van der Waals surface area contributed by atoms with Crippen LogP contribution in [0.15, 0.2) is 54.6 Å². The van der Waals surface area contributed by atoms with Gasteiger partial charge in [0.15, 0.2) is 0 Å². The Morgan fingerprint density at radius 3 is 2.30 bits per heavy atom. The van der Waals surface area contributed by atoms with Crippen LogP contribution >= 0.6 is 11.6 Å². The molecule has 0 saturated heterocycles. The third-order valence-electron chi connectivity index (χ3n) is 3.97. The quantitative estimate of drug-likeness (QED) is 0.775. The first-order chi connectivity index (χ1) is 11.1. The van der Waals surface area contributed by atoms with Crippen LogP contribution in [-0.4, -0.2) is 24.0 Å². The molecule has 0 aliphatic heterocycles. The maximum atomic E-state index is 11.9. The van der Waals surface area contributed by atoms with Gasteiger partial charge >= 0.3 is 0 Å². The molecule has 2 atom stereocenters. The predicted octanol–water partition coefficient (Wildman–Crippen LogP) is 3.73. The summed E-state index contributed by atoms with van der Waals surface area (Å²) in [5, 5.41) is 13.5. The molecule has 0 heterocycles. The van der Waals surface area contributed by atoms with Crippen molar-refractivity contribution in [3.05, 3.63) is 70.7 Å². The van der Waals surface area contributed by atoms with Crippen molar-refractivity contribution >= 4 is 17.4 Å². The first kappa shape index (κ1) is 17.7. The van der Waals surface area contributed by atoms with Crippen molar-refractivity contribution in [1.29, 1.82) is 0 Å². The Kier molecular flexibility index (Phi) is 6.78. The van der Waals surface area contributed by atoms with Gasteiger partial charge in [0.1, 0.15) is 5.78 Å². The van der Waals surface area contributed by atoms with Gasteiger partial charge in [-0.1, -0.05) is 54.1 Å². The van der Waals surface area contributed by atoms with Gasteiger partial charge in [-0.15, -0.1) is 0 Å². The molecule has 2 N–H and O–H groups in total. The first-order valence-corrected chi connectivity index (χ1v) is 8.14. The second-order valence-electron chi connectivity index (χ2n) is 5.60. The monoisotopic (exact) mass is 331 g/mol. The molecule has 4 heteroatoms. The lowest BCUT2D eigenvalue weighted by Gasteiger charge is -2.19. The van der Waals surface area contributed by atoms with Crippen LogP contribution in [-0.2, 0) is 4.79 Å². The van der Waals surface area contributed by atoms with Crippen LogP contribution in [0, 0.1) is 0 Å². The Morgan fingerprint density at radius 1 is 1.09 bits per heavy atom. The predicted molar refractivity (Wildman–Crippen MR) is 93.8 cm³/mol. The molecule has 0 radical (unpaired) electrons. The van der Waals surface area contributed by atoms with Crippen molar-refractivity contribution < 1.29 is 9.90 Å². The Labute approximate surface area is 142 Å². The van der Waals surface area contributed by atoms with Gasteiger partial charge in [-0.25, -0.2) is 0 Å². The van der Waals surface area contributed by atoms with Gasteiger partial charge in [-0.2, -0.15) is 0 Å². The molecular formula is C19H22ClNO2. The minimum Gasteiger partial charge on any atom is -0.394 e. The summed E-state index contributed by atoms with van der Waals surface area (Å²) in [6, 6.07) is 17.1. The van der Waals surface area contributed by atoms with E-state index in [4.69, 9.17) is 11.6 Å². The summed E-state index contributed by atoms with van der Waals surface area (Å²) in [6.45, 7) is 2.28. The second kappa shape index (κ2) is 8.82. The molecule has 0 amide bonds. The summed E-state index contributed by atoms with van der Waals surface area (Å²) in [6.07, 6.45) is 0.681. The number of nitrogens with one attached hydrogen (secondary N) is 1. The second-order valence-corrected chi connectivity index (χ2v) is 6.04. The molecule has 0 saturated carbocycles. The number of halogens is 1. The topological polar surface area (TPSA) is 49.3 Å². The lowest BCUT2D eigenvalue weighted by atomic mass is 9.92. The van der Waals surface area contributed by atoms with E-state index in [1.807, 2.05) is 42.5 Å². The number of hydrogen-bond acceptors (Lipinski definition) is 3. The summed E-state index contributed by atoms with van der Waals surface area (Å²) < 4.78 is 0. The molecule has 0 aliphatic rings. The molecule has 2 aromatic carbocycles. The molecule has 0 bridgehead atoms. The van der Waals surface area contributed by atoms with E-state index >= 15 is 0 Å². The number of carbonyl (C=O) groups is 1. The fraction of sp³-hybridized carbons (Fsp3) is 0.316. The van der Waals surface area contributed by atoms with E-state index in [1.54, 1.807) is 19.1 Å². The molecule has 3 nitrogen and oxygen atoms in total. The molecule has 2 aromatic rings. The highest BCUT2D eigenvalue weighted by Crippen LogP contribution is 2.23.